The Morgan fingerprint density at radius 1 is 0.730 bits per heavy atom. The van der Waals surface area contributed by atoms with Crippen molar-refractivity contribution in [3.8, 4) is 0 Å². The highest BCUT2D eigenvalue weighted by Crippen LogP contribution is 2.37. The summed E-state index contributed by atoms with van der Waals surface area (Å²) in [6.45, 7) is 1.51. The Labute approximate surface area is 220 Å². The Bertz CT molecular complexity index is 1400. The number of hydrogen-bond acceptors (Lipinski definition) is 4. The lowest BCUT2D eigenvalue weighted by molar-refractivity contribution is -0.116. The number of benzene rings is 4. The molecule has 4 aromatic rings. The van der Waals surface area contributed by atoms with Crippen molar-refractivity contribution in [3.63, 3.8) is 0 Å². The van der Waals surface area contributed by atoms with Gasteiger partial charge in [0.15, 0.2) is 5.78 Å². The van der Waals surface area contributed by atoms with Crippen molar-refractivity contribution in [2.45, 2.75) is 17.1 Å². The molecule has 37 heavy (non-hydrogen) atoms. The van der Waals surface area contributed by atoms with Crippen LogP contribution in [0.25, 0.3) is 6.08 Å². The fourth-order valence-corrected chi connectivity index (χ4v) is 4.68. The molecule has 0 aliphatic carbocycles. The van der Waals surface area contributed by atoms with Gasteiger partial charge in [0, 0.05) is 27.9 Å². The SMILES string of the molecule is CC(=O)c1ccc(NC(=O)C(Sc2cccc(NC(=O)/C=C/c3ccccc3)c2)c2ccccc2)cc1. The van der Waals surface area contributed by atoms with Crippen LogP contribution < -0.4 is 10.6 Å². The standard InChI is InChI=1S/C31H26N2O3S/c1-22(34)24-16-18-26(19-17-24)33-31(36)30(25-11-6-3-7-12-25)37-28-14-8-13-27(21-28)32-29(35)20-15-23-9-4-2-5-10-23/h2-21,30H,1H3,(H,32,35)(H,33,36)/b20-15+. The number of carbonyl (C=O) groups excluding carboxylic acids is 3. The molecule has 1 unspecified atom stereocenters. The molecule has 0 heterocycles. The molecule has 0 bridgehead atoms. The smallest absolute Gasteiger partial charge is 0.248 e. The Kier molecular flexibility index (Phi) is 8.68. The van der Waals surface area contributed by atoms with E-state index in [0.29, 0.717) is 16.9 Å². The zero-order valence-electron chi connectivity index (χ0n) is 20.3. The number of thioether (sulfide) groups is 1. The number of carbonyl (C=O) groups is 3. The van der Waals surface area contributed by atoms with Crippen LogP contribution in [-0.2, 0) is 9.59 Å². The van der Waals surface area contributed by atoms with E-state index in [1.165, 1.54) is 24.8 Å². The van der Waals surface area contributed by atoms with Crippen molar-refractivity contribution >= 4 is 46.8 Å². The maximum Gasteiger partial charge on any atom is 0.248 e. The van der Waals surface area contributed by atoms with Gasteiger partial charge in [0.25, 0.3) is 0 Å². The minimum absolute atomic E-state index is 0.0295. The van der Waals surface area contributed by atoms with Gasteiger partial charge in [0.1, 0.15) is 5.25 Å². The van der Waals surface area contributed by atoms with Gasteiger partial charge < -0.3 is 10.6 Å². The summed E-state index contributed by atoms with van der Waals surface area (Å²) in [5.41, 5.74) is 3.63. The Morgan fingerprint density at radius 3 is 2.08 bits per heavy atom. The Balaban J connectivity index is 1.48. The summed E-state index contributed by atoms with van der Waals surface area (Å²) in [7, 11) is 0. The van der Waals surface area contributed by atoms with Crippen molar-refractivity contribution < 1.29 is 14.4 Å². The van der Waals surface area contributed by atoms with Crippen molar-refractivity contribution in [1.82, 2.24) is 0 Å². The number of ketones is 1. The fourth-order valence-electron chi connectivity index (χ4n) is 3.60. The lowest BCUT2D eigenvalue weighted by atomic mass is 10.1. The van der Waals surface area contributed by atoms with Crippen LogP contribution in [0.15, 0.2) is 120 Å². The lowest BCUT2D eigenvalue weighted by Gasteiger charge is -2.18. The van der Waals surface area contributed by atoms with E-state index < -0.39 is 5.25 Å². The summed E-state index contributed by atoms with van der Waals surface area (Å²) in [6.07, 6.45) is 3.25. The summed E-state index contributed by atoms with van der Waals surface area (Å²) >= 11 is 1.39. The number of amides is 2. The molecule has 0 fully saturated rings. The van der Waals surface area contributed by atoms with Crippen LogP contribution in [0, 0.1) is 0 Å². The molecule has 2 N–H and O–H groups in total. The molecule has 0 spiro atoms. The van der Waals surface area contributed by atoms with E-state index in [2.05, 4.69) is 10.6 Å². The Morgan fingerprint density at radius 2 is 1.41 bits per heavy atom. The molecule has 4 aromatic carbocycles. The zero-order chi connectivity index (χ0) is 26.0. The molecule has 0 radical (unpaired) electrons. The van der Waals surface area contributed by atoms with Crippen LogP contribution in [0.2, 0.25) is 0 Å². The maximum absolute atomic E-state index is 13.3. The first kappa shape index (κ1) is 25.7. The average Bonchev–Trinajstić information content (AvgIpc) is 2.92. The summed E-state index contributed by atoms with van der Waals surface area (Å²) in [6, 6.07) is 33.4. The molecule has 0 aromatic heterocycles. The molecule has 4 rings (SSSR count). The van der Waals surface area contributed by atoms with Gasteiger partial charge in [-0.2, -0.15) is 0 Å². The highest BCUT2D eigenvalue weighted by atomic mass is 32.2. The molecule has 184 valence electrons. The average molecular weight is 507 g/mol. The van der Waals surface area contributed by atoms with E-state index in [0.717, 1.165) is 16.0 Å². The van der Waals surface area contributed by atoms with Gasteiger partial charge in [-0.05, 0) is 66.6 Å². The third-order valence-electron chi connectivity index (χ3n) is 5.48. The molecule has 2 amide bonds. The molecule has 0 aliphatic rings. The van der Waals surface area contributed by atoms with Crippen LogP contribution in [0.1, 0.15) is 33.7 Å². The van der Waals surface area contributed by atoms with E-state index in [9.17, 15) is 14.4 Å². The van der Waals surface area contributed by atoms with Gasteiger partial charge in [0.05, 0.1) is 0 Å². The van der Waals surface area contributed by atoms with Crippen LogP contribution in [0.4, 0.5) is 11.4 Å². The second-order valence-corrected chi connectivity index (χ2v) is 9.47. The number of Topliss-reactive ketones (excluding diaryl/α,β-unsaturated/α-hetero) is 1. The molecular formula is C31H26N2O3S. The van der Waals surface area contributed by atoms with Crippen LogP contribution in [0.3, 0.4) is 0 Å². The van der Waals surface area contributed by atoms with Crippen molar-refractivity contribution in [2.24, 2.45) is 0 Å². The molecule has 6 heteroatoms. The van der Waals surface area contributed by atoms with Gasteiger partial charge in [-0.25, -0.2) is 0 Å². The van der Waals surface area contributed by atoms with Crippen LogP contribution in [-0.4, -0.2) is 17.6 Å². The highest BCUT2D eigenvalue weighted by Gasteiger charge is 2.22. The first-order valence-electron chi connectivity index (χ1n) is 11.8. The van der Waals surface area contributed by atoms with E-state index in [1.807, 2.05) is 84.9 Å². The van der Waals surface area contributed by atoms with Gasteiger partial charge in [0.2, 0.25) is 11.8 Å². The number of anilines is 2. The molecule has 0 saturated carbocycles. The summed E-state index contributed by atoms with van der Waals surface area (Å²) in [5, 5.41) is 5.31. The lowest BCUT2D eigenvalue weighted by Crippen LogP contribution is -2.19. The van der Waals surface area contributed by atoms with Gasteiger partial charge in [-0.1, -0.05) is 66.7 Å². The van der Waals surface area contributed by atoms with Gasteiger partial charge in [-0.3, -0.25) is 14.4 Å². The normalized spacial score (nSPS) is 11.6. The quantitative estimate of drug-likeness (QED) is 0.145. The topological polar surface area (TPSA) is 75.3 Å². The second-order valence-electron chi connectivity index (χ2n) is 8.29. The highest BCUT2D eigenvalue weighted by molar-refractivity contribution is 8.00. The van der Waals surface area contributed by atoms with Crippen molar-refractivity contribution in [2.75, 3.05) is 10.6 Å². The summed E-state index contributed by atoms with van der Waals surface area (Å²) < 4.78 is 0. The van der Waals surface area contributed by atoms with E-state index in [-0.39, 0.29) is 17.6 Å². The number of rotatable bonds is 9. The molecule has 1 atom stereocenters. The molecule has 5 nitrogen and oxygen atoms in total. The minimum Gasteiger partial charge on any atom is -0.325 e. The van der Waals surface area contributed by atoms with Crippen molar-refractivity contribution in [1.29, 1.82) is 0 Å². The van der Waals surface area contributed by atoms with Crippen LogP contribution >= 0.6 is 11.8 Å². The van der Waals surface area contributed by atoms with Crippen LogP contribution in [0.5, 0.6) is 0 Å². The predicted octanol–water partition coefficient (Wildman–Crippen LogP) is 7.01. The first-order chi connectivity index (χ1) is 18.0. The molecule has 0 saturated heterocycles. The fraction of sp³-hybridized carbons (Fsp3) is 0.0645. The van der Waals surface area contributed by atoms with E-state index >= 15 is 0 Å². The Hall–Kier alpha value is -4.42. The minimum atomic E-state index is -0.530. The third kappa shape index (κ3) is 7.53. The number of nitrogens with one attached hydrogen (secondary N) is 2. The largest absolute Gasteiger partial charge is 0.325 e. The molecule has 0 aliphatic heterocycles. The number of hydrogen-bond donors (Lipinski definition) is 2. The zero-order valence-corrected chi connectivity index (χ0v) is 21.1. The van der Waals surface area contributed by atoms with Gasteiger partial charge >= 0.3 is 0 Å². The third-order valence-corrected chi connectivity index (χ3v) is 6.73. The first-order valence-corrected chi connectivity index (χ1v) is 12.6. The maximum atomic E-state index is 13.3. The monoisotopic (exact) mass is 506 g/mol. The van der Waals surface area contributed by atoms with Gasteiger partial charge in [-0.15, -0.1) is 11.8 Å². The van der Waals surface area contributed by atoms with Crippen molar-refractivity contribution in [3.05, 3.63) is 132 Å². The second kappa shape index (κ2) is 12.5. The van der Waals surface area contributed by atoms with E-state index in [4.69, 9.17) is 0 Å². The summed E-state index contributed by atoms with van der Waals surface area (Å²) in [5.74, 6) is -0.456. The molecular weight excluding hydrogens is 480 g/mol. The van der Waals surface area contributed by atoms with E-state index in [1.54, 1.807) is 30.3 Å². The predicted molar refractivity (Wildman–Crippen MR) is 151 cm³/mol. The summed E-state index contributed by atoms with van der Waals surface area (Å²) in [4.78, 5) is 38.2.